The van der Waals surface area contributed by atoms with Crippen LogP contribution in [-0.2, 0) is 27.2 Å². The molecule has 202 valence electrons. The van der Waals surface area contributed by atoms with Crippen molar-refractivity contribution < 1.29 is 19.1 Å². The number of carbonyl (C=O) groups excluding carboxylic acids is 2. The van der Waals surface area contributed by atoms with Gasteiger partial charge in [0, 0.05) is 49.9 Å². The number of aromatic amines is 1. The van der Waals surface area contributed by atoms with Gasteiger partial charge in [0.25, 0.3) is 0 Å². The van der Waals surface area contributed by atoms with Crippen LogP contribution in [-0.4, -0.2) is 63.7 Å². The topological polar surface area (TPSA) is 87.8 Å². The van der Waals surface area contributed by atoms with E-state index in [1.54, 1.807) is 11.8 Å². The maximum Gasteiger partial charge on any atom is 0.410 e. The molecular weight excluding hydrogens is 480 g/mol. The molecule has 1 saturated heterocycles. The molecule has 1 aromatic carbocycles. The van der Waals surface area contributed by atoms with Crippen molar-refractivity contribution in [3.8, 4) is 11.1 Å². The number of carbonyl (C=O) groups is 2. The Morgan fingerprint density at radius 3 is 2.66 bits per heavy atom. The number of benzene rings is 1. The zero-order valence-electron chi connectivity index (χ0n) is 23.3. The molecule has 1 unspecified atom stereocenters. The quantitative estimate of drug-likeness (QED) is 0.490. The van der Waals surface area contributed by atoms with Crippen LogP contribution < -0.4 is 0 Å². The number of pyridine rings is 1. The van der Waals surface area contributed by atoms with Crippen molar-refractivity contribution >= 4 is 23.0 Å². The van der Waals surface area contributed by atoms with Crippen LogP contribution in [0.5, 0.6) is 0 Å². The number of morpholine rings is 1. The fourth-order valence-electron chi connectivity index (χ4n) is 5.49. The molecule has 38 heavy (non-hydrogen) atoms. The van der Waals surface area contributed by atoms with Crippen molar-refractivity contribution in [2.75, 3.05) is 26.3 Å². The molecule has 2 aliphatic heterocycles. The van der Waals surface area contributed by atoms with Crippen LogP contribution in [0.15, 0.2) is 30.6 Å². The van der Waals surface area contributed by atoms with E-state index < -0.39 is 5.60 Å². The number of hydrogen-bond acceptors (Lipinski definition) is 5. The van der Waals surface area contributed by atoms with Crippen LogP contribution in [0.4, 0.5) is 4.79 Å². The third-order valence-electron chi connectivity index (χ3n) is 7.46. The maximum atomic E-state index is 13.3. The first-order chi connectivity index (χ1) is 18.0. The minimum atomic E-state index is -0.599. The number of fused-ring (bicyclic) bond motifs is 2. The molecule has 4 heterocycles. The van der Waals surface area contributed by atoms with Gasteiger partial charge in [-0.15, -0.1) is 0 Å². The number of ether oxygens (including phenoxy) is 2. The van der Waals surface area contributed by atoms with E-state index in [4.69, 9.17) is 14.5 Å². The molecule has 0 bridgehead atoms. The van der Waals surface area contributed by atoms with Crippen molar-refractivity contribution in [1.82, 2.24) is 19.8 Å². The molecular formula is C30H38N4O4. The molecule has 5 rings (SSSR count). The average molecular weight is 519 g/mol. The second kappa shape index (κ2) is 10.1. The lowest BCUT2D eigenvalue weighted by Gasteiger charge is -2.39. The summed E-state index contributed by atoms with van der Waals surface area (Å²) < 4.78 is 11.7. The predicted octanol–water partition coefficient (Wildman–Crippen LogP) is 5.57. The van der Waals surface area contributed by atoms with E-state index in [2.05, 4.69) is 37.0 Å². The summed E-state index contributed by atoms with van der Waals surface area (Å²) in [6.07, 6.45) is 4.36. The van der Waals surface area contributed by atoms with Crippen LogP contribution in [0.1, 0.15) is 75.8 Å². The van der Waals surface area contributed by atoms with E-state index in [0.29, 0.717) is 38.8 Å². The average Bonchev–Trinajstić information content (AvgIpc) is 3.30. The zero-order chi connectivity index (χ0) is 27.2. The standard InChI is InChI=1S/C30H38N4O4/c1-18(2)25-15-32-28-24(25)13-22(14-31-28)21-11-20-7-8-33(19(3)35)16-26(20)23(12-21)27-17-37-10-9-34(27)29(36)38-30(4,5)6/h11-15,18,27H,7-10,16-17H2,1-6H3,(H,31,32). The van der Waals surface area contributed by atoms with Gasteiger partial charge in [-0.05, 0) is 73.1 Å². The molecule has 0 radical (unpaired) electrons. The Morgan fingerprint density at radius 1 is 1.16 bits per heavy atom. The molecule has 2 amide bonds. The van der Waals surface area contributed by atoms with E-state index in [1.165, 1.54) is 11.1 Å². The molecule has 1 N–H and O–H groups in total. The fourth-order valence-corrected chi connectivity index (χ4v) is 5.49. The van der Waals surface area contributed by atoms with Crippen molar-refractivity contribution in [3.63, 3.8) is 0 Å². The van der Waals surface area contributed by atoms with Crippen molar-refractivity contribution in [1.29, 1.82) is 0 Å². The third-order valence-corrected chi connectivity index (χ3v) is 7.46. The Morgan fingerprint density at radius 2 is 1.95 bits per heavy atom. The summed E-state index contributed by atoms with van der Waals surface area (Å²) in [5.41, 5.74) is 6.89. The van der Waals surface area contributed by atoms with Gasteiger partial charge in [-0.1, -0.05) is 19.9 Å². The summed E-state index contributed by atoms with van der Waals surface area (Å²) in [7, 11) is 0. The summed E-state index contributed by atoms with van der Waals surface area (Å²) in [5.74, 6) is 0.428. The van der Waals surface area contributed by atoms with E-state index in [0.717, 1.165) is 39.7 Å². The number of nitrogens with zero attached hydrogens (tertiary/aromatic N) is 3. The number of hydrogen-bond donors (Lipinski definition) is 1. The highest BCUT2D eigenvalue weighted by molar-refractivity contribution is 5.85. The Balaban J connectivity index is 1.63. The van der Waals surface area contributed by atoms with Gasteiger partial charge in [0.2, 0.25) is 5.91 Å². The molecule has 0 saturated carbocycles. The molecule has 3 aromatic rings. The van der Waals surface area contributed by atoms with Gasteiger partial charge >= 0.3 is 6.09 Å². The minimum Gasteiger partial charge on any atom is -0.444 e. The number of rotatable bonds is 3. The molecule has 1 fully saturated rings. The third kappa shape index (κ3) is 5.14. The fraction of sp³-hybridized carbons (Fsp3) is 0.500. The lowest BCUT2D eigenvalue weighted by Crippen LogP contribution is -2.46. The number of nitrogens with one attached hydrogen (secondary N) is 1. The highest BCUT2D eigenvalue weighted by Crippen LogP contribution is 2.37. The first-order valence-electron chi connectivity index (χ1n) is 13.5. The normalized spacial score (nSPS) is 18.1. The molecule has 2 aromatic heterocycles. The van der Waals surface area contributed by atoms with Gasteiger partial charge < -0.3 is 19.4 Å². The summed E-state index contributed by atoms with van der Waals surface area (Å²) in [4.78, 5) is 37.2. The highest BCUT2D eigenvalue weighted by atomic mass is 16.6. The largest absolute Gasteiger partial charge is 0.444 e. The van der Waals surface area contributed by atoms with E-state index in [9.17, 15) is 9.59 Å². The predicted molar refractivity (Wildman–Crippen MR) is 147 cm³/mol. The molecule has 2 aliphatic rings. The Hall–Kier alpha value is -3.39. The van der Waals surface area contributed by atoms with Crippen molar-refractivity contribution in [2.24, 2.45) is 0 Å². The highest BCUT2D eigenvalue weighted by Gasteiger charge is 2.35. The van der Waals surface area contributed by atoms with Crippen LogP contribution in [0, 0.1) is 0 Å². The smallest absolute Gasteiger partial charge is 0.410 e. The van der Waals surface area contributed by atoms with E-state index in [-0.39, 0.29) is 18.0 Å². The number of amides is 2. The van der Waals surface area contributed by atoms with Gasteiger partial charge in [-0.25, -0.2) is 9.78 Å². The van der Waals surface area contributed by atoms with Crippen LogP contribution in [0.25, 0.3) is 22.2 Å². The maximum absolute atomic E-state index is 13.3. The summed E-state index contributed by atoms with van der Waals surface area (Å²) in [6.45, 7) is 14.1. The SMILES string of the molecule is CC(=O)N1CCc2cc(-c3cnc4[nH]cc(C(C)C)c4c3)cc(C3COCCN3C(=O)OC(C)(C)C)c2C1. The van der Waals surface area contributed by atoms with Gasteiger partial charge in [0.05, 0.1) is 19.3 Å². The molecule has 1 atom stereocenters. The van der Waals surface area contributed by atoms with Gasteiger partial charge in [-0.2, -0.15) is 0 Å². The molecule has 8 heteroatoms. The minimum absolute atomic E-state index is 0.0536. The molecule has 8 nitrogen and oxygen atoms in total. The Kier molecular flexibility index (Phi) is 6.94. The van der Waals surface area contributed by atoms with Crippen LogP contribution in [0.2, 0.25) is 0 Å². The number of aromatic nitrogens is 2. The van der Waals surface area contributed by atoms with Crippen molar-refractivity contribution in [2.45, 2.75) is 72.1 Å². The summed E-state index contributed by atoms with van der Waals surface area (Å²) >= 11 is 0. The second-order valence-corrected chi connectivity index (χ2v) is 11.7. The monoisotopic (exact) mass is 518 g/mol. The second-order valence-electron chi connectivity index (χ2n) is 11.7. The Bertz CT molecular complexity index is 1370. The van der Waals surface area contributed by atoms with E-state index >= 15 is 0 Å². The zero-order valence-corrected chi connectivity index (χ0v) is 23.3. The summed E-state index contributed by atoms with van der Waals surface area (Å²) in [6, 6.07) is 6.27. The van der Waals surface area contributed by atoms with Gasteiger partial charge in [-0.3, -0.25) is 9.69 Å². The summed E-state index contributed by atoms with van der Waals surface area (Å²) in [5, 5.41) is 1.12. The lowest BCUT2D eigenvalue weighted by atomic mass is 9.86. The van der Waals surface area contributed by atoms with E-state index in [1.807, 2.05) is 38.1 Å². The molecule has 0 aliphatic carbocycles. The lowest BCUT2D eigenvalue weighted by molar-refractivity contribution is -0.129. The first-order valence-corrected chi connectivity index (χ1v) is 13.5. The van der Waals surface area contributed by atoms with Gasteiger partial charge in [0.1, 0.15) is 11.2 Å². The van der Waals surface area contributed by atoms with Crippen LogP contribution >= 0.6 is 0 Å². The number of H-pyrrole nitrogens is 1. The van der Waals surface area contributed by atoms with Gasteiger partial charge in [0.15, 0.2) is 0 Å². The molecule has 0 spiro atoms. The first kappa shape index (κ1) is 26.2. The van der Waals surface area contributed by atoms with Crippen molar-refractivity contribution in [3.05, 3.63) is 52.8 Å². The van der Waals surface area contributed by atoms with Crippen LogP contribution in [0.3, 0.4) is 0 Å². The Labute approximate surface area is 224 Å².